The van der Waals surface area contributed by atoms with Gasteiger partial charge in [0.2, 0.25) is 5.91 Å². The van der Waals surface area contributed by atoms with E-state index in [2.05, 4.69) is 36.0 Å². The molecule has 0 spiro atoms. The van der Waals surface area contributed by atoms with Crippen molar-refractivity contribution in [2.45, 2.75) is 25.8 Å². The Hall–Kier alpha value is -4.01. The Morgan fingerprint density at radius 3 is 2.79 bits per heavy atom. The zero-order valence-electron chi connectivity index (χ0n) is 18.1. The lowest BCUT2D eigenvalue weighted by atomic mass is 9.98. The Morgan fingerprint density at radius 2 is 1.94 bits per heavy atom. The maximum atomic E-state index is 13.0. The zero-order chi connectivity index (χ0) is 22.2. The number of carbonyl (C=O) groups excluding carboxylic acids is 1. The summed E-state index contributed by atoms with van der Waals surface area (Å²) in [6, 6.07) is 11.6. The van der Waals surface area contributed by atoms with Crippen LogP contribution in [0.4, 0.5) is 11.5 Å². The molecule has 4 aromatic rings. The Kier molecular flexibility index (Phi) is 4.86. The summed E-state index contributed by atoms with van der Waals surface area (Å²) in [5, 5.41) is 7.35. The standard InChI is InChI=1S/C24H24N8O/c33-24(17-13-31(14-17)22-12-23(26-16-25-22)32-11-5-9-27-32)29-19-7-2-1-6-18(19)20-15-30-10-4-3-8-21(30)28-20/h1-2,5-7,9,11-12,15-17H,3-4,8,10,13-14H2,(H,29,33). The number of carbonyl (C=O) groups is 1. The van der Waals surface area contributed by atoms with Crippen LogP contribution in [0.15, 0.2) is 61.3 Å². The number of benzene rings is 1. The van der Waals surface area contributed by atoms with Crippen molar-refractivity contribution in [2.75, 3.05) is 23.3 Å². The van der Waals surface area contributed by atoms with Gasteiger partial charge in [0.15, 0.2) is 5.82 Å². The minimum absolute atomic E-state index is 0.0176. The fourth-order valence-corrected chi connectivity index (χ4v) is 4.46. The van der Waals surface area contributed by atoms with Crippen LogP contribution in [0.25, 0.3) is 17.1 Å². The second kappa shape index (κ2) is 8.16. The third-order valence-corrected chi connectivity index (χ3v) is 6.32. The average Bonchev–Trinajstić information content (AvgIpc) is 3.49. The monoisotopic (exact) mass is 440 g/mol. The van der Waals surface area contributed by atoms with Gasteiger partial charge in [-0.3, -0.25) is 4.79 Å². The van der Waals surface area contributed by atoms with Gasteiger partial charge in [0, 0.05) is 56.3 Å². The number of imidazole rings is 1. The first kappa shape index (κ1) is 19.7. The molecule has 2 aliphatic rings. The molecule has 1 saturated heterocycles. The lowest BCUT2D eigenvalue weighted by molar-refractivity contribution is -0.120. The number of nitrogens with one attached hydrogen (secondary N) is 1. The topological polar surface area (TPSA) is 93.8 Å². The van der Waals surface area contributed by atoms with Crippen LogP contribution in [0.2, 0.25) is 0 Å². The number of rotatable bonds is 5. The second-order valence-corrected chi connectivity index (χ2v) is 8.51. The van der Waals surface area contributed by atoms with Gasteiger partial charge in [0.1, 0.15) is 18.0 Å². The summed E-state index contributed by atoms with van der Waals surface area (Å²) in [6.07, 6.45) is 10.6. The molecule has 0 radical (unpaired) electrons. The molecule has 1 amide bonds. The minimum atomic E-state index is -0.101. The molecule has 166 valence electrons. The van der Waals surface area contributed by atoms with Crippen molar-refractivity contribution in [1.29, 1.82) is 0 Å². The molecule has 2 aliphatic heterocycles. The third-order valence-electron chi connectivity index (χ3n) is 6.32. The van der Waals surface area contributed by atoms with E-state index in [0.29, 0.717) is 18.9 Å². The van der Waals surface area contributed by atoms with Gasteiger partial charge in [-0.15, -0.1) is 0 Å². The zero-order valence-corrected chi connectivity index (χ0v) is 18.1. The molecule has 6 rings (SSSR count). The number of amides is 1. The van der Waals surface area contributed by atoms with Gasteiger partial charge in [-0.25, -0.2) is 19.6 Å². The number of nitrogens with zero attached hydrogens (tertiary/aromatic N) is 7. The number of aromatic nitrogens is 6. The molecule has 0 aliphatic carbocycles. The average molecular weight is 441 g/mol. The normalized spacial score (nSPS) is 15.7. The first-order valence-corrected chi connectivity index (χ1v) is 11.3. The summed E-state index contributed by atoms with van der Waals surface area (Å²) in [6.45, 7) is 2.24. The molecular weight excluding hydrogens is 416 g/mol. The number of aryl methyl sites for hydroxylation is 2. The number of para-hydroxylation sites is 1. The summed E-state index contributed by atoms with van der Waals surface area (Å²) in [5.41, 5.74) is 2.69. The SMILES string of the molecule is O=C(Nc1ccccc1-c1cn2c(n1)CCCC2)C1CN(c2cc(-n3cccn3)ncn2)C1. The van der Waals surface area contributed by atoms with Crippen LogP contribution in [0, 0.1) is 5.92 Å². The van der Waals surface area contributed by atoms with Crippen LogP contribution < -0.4 is 10.2 Å². The molecule has 0 saturated carbocycles. The predicted molar refractivity (Wildman–Crippen MR) is 124 cm³/mol. The van der Waals surface area contributed by atoms with Gasteiger partial charge in [-0.1, -0.05) is 18.2 Å². The van der Waals surface area contributed by atoms with E-state index in [9.17, 15) is 4.79 Å². The van der Waals surface area contributed by atoms with E-state index in [0.717, 1.165) is 41.6 Å². The third kappa shape index (κ3) is 3.75. The second-order valence-electron chi connectivity index (χ2n) is 8.51. The van der Waals surface area contributed by atoms with Gasteiger partial charge >= 0.3 is 0 Å². The van der Waals surface area contributed by atoms with Crippen molar-refractivity contribution in [1.82, 2.24) is 29.3 Å². The molecule has 9 heteroatoms. The molecule has 0 bridgehead atoms. The predicted octanol–water partition coefficient (Wildman–Crippen LogP) is 2.94. The Balaban J connectivity index is 1.14. The largest absolute Gasteiger partial charge is 0.355 e. The van der Waals surface area contributed by atoms with E-state index in [1.807, 2.05) is 42.6 Å². The van der Waals surface area contributed by atoms with Crippen molar-refractivity contribution in [3.63, 3.8) is 0 Å². The van der Waals surface area contributed by atoms with Crippen molar-refractivity contribution >= 4 is 17.4 Å². The van der Waals surface area contributed by atoms with Crippen molar-refractivity contribution in [2.24, 2.45) is 5.92 Å². The highest BCUT2D eigenvalue weighted by Gasteiger charge is 2.34. The quantitative estimate of drug-likeness (QED) is 0.513. The van der Waals surface area contributed by atoms with Crippen LogP contribution in [0.1, 0.15) is 18.7 Å². The number of hydrogen-bond donors (Lipinski definition) is 1. The van der Waals surface area contributed by atoms with E-state index in [-0.39, 0.29) is 11.8 Å². The number of anilines is 2. The molecule has 9 nitrogen and oxygen atoms in total. The van der Waals surface area contributed by atoms with E-state index >= 15 is 0 Å². The van der Waals surface area contributed by atoms with Crippen molar-refractivity contribution in [3.8, 4) is 17.1 Å². The molecule has 0 unspecified atom stereocenters. The van der Waals surface area contributed by atoms with Gasteiger partial charge in [0.05, 0.1) is 17.3 Å². The Labute approximate surface area is 191 Å². The molecule has 1 aromatic carbocycles. The minimum Gasteiger partial charge on any atom is -0.355 e. The maximum Gasteiger partial charge on any atom is 0.231 e. The van der Waals surface area contributed by atoms with E-state index in [1.54, 1.807) is 10.9 Å². The van der Waals surface area contributed by atoms with Crippen LogP contribution in [-0.2, 0) is 17.8 Å². The van der Waals surface area contributed by atoms with E-state index in [4.69, 9.17) is 4.98 Å². The van der Waals surface area contributed by atoms with Gasteiger partial charge in [0.25, 0.3) is 0 Å². The summed E-state index contributed by atoms with van der Waals surface area (Å²) in [5.74, 6) is 2.55. The fourth-order valence-electron chi connectivity index (χ4n) is 4.46. The van der Waals surface area contributed by atoms with Crippen LogP contribution in [-0.4, -0.2) is 48.3 Å². The van der Waals surface area contributed by atoms with E-state index < -0.39 is 0 Å². The Bertz CT molecular complexity index is 1270. The lowest BCUT2D eigenvalue weighted by Crippen LogP contribution is -2.52. The Morgan fingerprint density at radius 1 is 1.06 bits per heavy atom. The number of fused-ring (bicyclic) bond motifs is 1. The van der Waals surface area contributed by atoms with Crippen LogP contribution in [0.3, 0.4) is 0 Å². The smallest absolute Gasteiger partial charge is 0.231 e. The molecule has 33 heavy (non-hydrogen) atoms. The van der Waals surface area contributed by atoms with Gasteiger partial charge < -0.3 is 14.8 Å². The fraction of sp³-hybridized carbons (Fsp3) is 0.292. The summed E-state index contributed by atoms with van der Waals surface area (Å²) >= 11 is 0. The molecule has 5 heterocycles. The highest BCUT2D eigenvalue weighted by Crippen LogP contribution is 2.30. The van der Waals surface area contributed by atoms with Crippen LogP contribution in [0.5, 0.6) is 0 Å². The lowest BCUT2D eigenvalue weighted by Gasteiger charge is -2.39. The molecule has 3 aromatic heterocycles. The first-order chi connectivity index (χ1) is 16.2. The summed E-state index contributed by atoms with van der Waals surface area (Å²) in [4.78, 5) is 28.5. The van der Waals surface area contributed by atoms with Gasteiger partial charge in [-0.05, 0) is 25.0 Å². The first-order valence-electron chi connectivity index (χ1n) is 11.3. The summed E-state index contributed by atoms with van der Waals surface area (Å²) < 4.78 is 3.93. The van der Waals surface area contributed by atoms with Gasteiger partial charge in [-0.2, -0.15) is 5.10 Å². The molecular formula is C24H24N8O. The molecule has 1 N–H and O–H groups in total. The maximum absolute atomic E-state index is 13.0. The summed E-state index contributed by atoms with van der Waals surface area (Å²) in [7, 11) is 0. The van der Waals surface area contributed by atoms with Crippen LogP contribution >= 0.6 is 0 Å². The van der Waals surface area contributed by atoms with Crippen molar-refractivity contribution < 1.29 is 4.79 Å². The molecule has 0 atom stereocenters. The number of hydrogen-bond acceptors (Lipinski definition) is 6. The van der Waals surface area contributed by atoms with Crippen molar-refractivity contribution in [3.05, 3.63) is 67.1 Å². The van der Waals surface area contributed by atoms with E-state index in [1.165, 1.54) is 19.2 Å². The highest BCUT2D eigenvalue weighted by molar-refractivity contribution is 5.97. The highest BCUT2D eigenvalue weighted by atomic mass is 16.2. The molecule has 1 fully saturated rings.